The monoisotopic (exact) mass is 443 g/mol. The van der Waals surface area contributed by atoms with Gasteiger partial charge in [0.15, 0.2) is 5.82 Å². The average molecular weight is 444 g/mol. The first-order valence-electron chi connectivity index (χ1n) is 11.4. The first-order chi connectivity index (χ1) is 15.7. The summed E-state index contributed by atoms with van der Waals surface area (Å²) in [5, 5.41) is 3.38. The second-order valence-electron chi connectivity index (χ2n) is 8.21. The lowest BCUT2D eigenvalue weighted by molar-refractivity contribution is 0.187. The van der Waals surface area contributed by atoms with E-state index < -0.39 is 0 Å². The van der Waals surface area contributed by atoms with Crippen LogP contribution in [-0.4, -0.2) is 90.0 Å². The summed E-state index contributed by atoms with van der Waals surface area (Å²) in [5.41, 5.74) is 0. The van der Waals surface area contributed by atoms with Gasteiger partial charge in [0.2, 0.25) is 0 Å². The van der Waals surface area contributed by atoms with Gasteiger partial charge in [-0.2, -0.15) is 0 Å². The Morgan fingerprint density at radius 3 is 2.25 bits per heavy atom. The van der Waals surface area contributed by atoms with Crippen molar-refractivity contribution < 1.29 is 14.2 Å². The highest BCUT2D eigenvalue weighted by Crippen LogP contribution is 2.26. The van der Waals surface area contributed by atoms with Gasteiger partial charge >= 0.3 is 0 Å². The second kappa shape index (κ2) is 11.2. The molecule has 2 saturated heterocycles. The molecule has 32 heavy (non-hydrogen) atoms. The van der Waals surface area contributed by atoms with E-state index in [1.54, 1.807) is 24.8 Å². The Morgan fingerprint density at radius 1 is 0.906 bits per heavy atom. The molecule has 0 bridgehead atoms. The molecule has 1 unspecified atom stereocenters. The Bertz CT molecular complexity index is 856. The minimum absolute atomic E-state index is 0.299. The van der Waals surface area contributed by atoms with Crippen LogP contribution in [0, 0.1) is 0 Å². The molecular weight excluding hydrogens is 410 g/mol. The third-order valence-electron chi connectivity index (χ3n) is 5.98. The van der Waals surface area contributed by atoms with Gasteiger partial charge in [-0.3, -0.25) is 0 Å². The predicted octanol–water partition coefficient (Wildman–Crippen LogP) is 1.39. The molecule has 4 rings (SSSR count). The number of aromatic nitrogens is 4. The van der Waals surface area contributed by atoms with Gasteiger partial charge in [0, 0.05) is 56.5 Å². The highest BCUT2D eigenvalue weighted by molar-refractivity contribution is 5.49. The van der Waals surface area contributed by atoms with Crippen LogP contribution in [0.2, 0.25) is 0 Å². The summed E-state index contributed by atoms with van der Waals surface area (Å²) >= 11 is 0. The van der Waals surface area contributed by atoms with Gasteiger partial charge in [0.1, 0.15) is 13.2 Å². The van der Waals surface area contributed by atoms with Gasteiger partial charge in [-0.25, -0.2) is 19.9 Å². The zero-order valence-corrected chi connectivity index (χ0v) is 18.9. The molecule has 2 aliphatic heterocycles. The number of ether oxygens (including phenoxy) is 3. The summed E-state index contributed by atoms with van der Waals surface area (Å²) < 4.78 is 17.6. The van der Waals surface area contributed by atoms with E-state index in [9.17, 15) is 0 Å². The molecule has 2 aromatic heterocycles. The lowest BCUT2D eigenvalue weighted by Gasteiger charge is -2.35. The molecule has 2 aliphatic rings. The van der Waals surface area contributed by atoms with E-state index in [1.807, 2.05) is 0 Å². The molecule has 0 radical (unpaired) electrons. The van der Waals surface area contributed by atoms with Crippen LogP contribution in [0.4, 0.5) is 5.82 Å². The van der Waals surface area contributed by atoms with Crippen LogP contribution in [0.25, 0.3) is 0 Å². The van der Waals surface area contributed by atoms with Gasteiger partial charge in [0.05, 0.1) is 6.61 Å². The first-order valence-corrected chi connectivity index (χ1v) is 11.4. The summed E-state index contributed by atoms with van der Waals surface area (Å²) in [6.07, 6.45) is 9.99. The Morgan fingerprint density at radius 2 is 1.56 bits per heavy atom. The molecule has 10 heteroatoms. The van der Waals surface area contributed by atoms with Gasteiger partial charge in [-0.1, -0.05) is 0 Å². The van der Waals surface area contributed by atoms with Crippen LogP contribution >= 0.6 is 0 Å². The molecular formula is C22H33N7O3. The maximum absolute atomic E-state index is 5.91. The summed E-state index contributed by atoms with van der Waals surface area (Å²) in [4.78, 5) is 22.0. The van der Waals surface area contributed by atoms with E-state index in [1.165, 1.54) is 12.8 Å². The van der Waals surface area contributed by atoms with E-state index in [4.69, 9.17) is 14.2 Å². The average Bonchev–Trinajstić information content (AvgIpc) is 3.23. The fraction of sp³-hybridized carbons (Fsp3) is 0.636. The minimum Gasteiger partial charge on any atom is -0.474 e. The Kier molecular flexibility index (Phi) is 7.89. The van der Waals surface area contributed by atoms with Crippen molar-refractivity contribution in [1.82, 2.24) is 30.2 Å². The number of anilines is 1. The van der Waals surface area contributed by atoms with Crippen LogP contribution in [0.15, 0.2) is 24.8 Å². The smallest absolute Gasteiger partial charge is 0.278 e. The van der Waals surface area contributed by atoms with E-state index >= 15 is 0 Å². The fourth-order valence-corrected chi connectivity index (χ4v) is 4.20. The van der Waals surface area contributed by atoms with E-state index in [2.05, 4.69) is 49.0 Å². The number of likely N-dealkylation sites (tertiary alicyclic amines) is 1. The molecule has 0 aromatic carbocycles. The number of hydrogen-bond acceptors (Lipinski definition) is 10. The maximum atomic E-state index is 5.91. The Balaban J connectivity index is 1.26. The summed E-state index contributed by atoms with van der Waals surface area (Å²) in [6, 6.07) is 0.895. The van der Waals surface area contributed by atoms with E-state index in [0.717, 1.165) is 38.4 Å². The largest absolute Gasteiger partial charge is 0.474 e. The zero-order valence-electron chi connectivity index (χ0n) is 18.9. The van der Waals surface area contributed by atoms with Crippen molar-refractivity contribution in [1.29, 1.82) is 0 Å². The molecule has 10 nitrogen and oxygen atoms in total. The summed E-state index contributed by atoms with van der Waals surface area (Å²) in [6.45, 7) is 7.21. The fourth-order valence-electron chi connectivity index (χ4n) is 4.20. The molecule has 0 amide bonds. The quantitative estimate of drug-likeness (QED) is 0.542. The third kappa shape index (κ3) is 5.74. The number of rotatable bonds is 10. The Hall–Kier alpha value is -2.72. The van der Waals surface area contributed by atoms with Crippen molar-refractivity contribution in [2.24, 2.45) is 0 Å². The molecule has 0 spiro atoms. The van der Waals surface area contributed by atoms with Crippen molar-refractivity contribution in [3.63, 3.8) is 0 Å². The van der Waals surface area contributed by atoms with Gasteiger partial charge < -0.3 is 29.3 Å². The van der Waals surface area contributed by atoms with Gasteiger partial charge in [-0.05, 0) is 39.8 Å². The lowest BCUT2D eigenvalue weighted by atomic mass is 10.1. The van der Waals surface area contributed by atoms with Crippen molar-refractivity contribution in [2.75, 3.05) is 57.9 Å². The summed E-state index contributed by atoms with van der Waals surface area (Å²) in [5.74, 6) is 2.08. The van der Waals surface area contributed by atoms with Crippen LogP contribution in [0.5, 0.6) is 17.6 Å². The number of nitrogens with zero attached hydrogens (tertiary/aromatic N) is 6. The molecule has 0 aliphatic carbocycles. The highest BCUT2D eigenvalue weighted by Gasteiger charge is 2.23. The van der Waals surface area contributed by atoms with Crippen LogP contribution in [0.1, 0.15) is 26.2 Å². The Labute approximate surface area is 189 Å². The van der Waals surface area contributed by atoms with Gasteiger partial charge in [0.25, 0.3) is 17.6 Å². The molecule has 1 N–H and O–H groups in total. The van der Waals surface area contributed by atoms with Crippen molar-refractivity contribution in [3.05, 3.63) is 24.8 Å². The van der Waals surface area contributed by atoms with Crippen molar-refractivity contribution in [2.45, 2.75) is 38.3 Å². The standard InChI is InChI=1S/C22H33N7O3/c1-17-16-23-10-12-29(17)19-20(25-7-6-24-19)31-14-15-32-22-21(26-8-9-27-22)30-13-5-18-4-3-11-28(18)2/h6-9,17-18,23H,3-5,10-16H2,1-2H3/t17-,18?/m1/s1. The van der Waals surface area contributed by atoms with Gasteiger partial charge in [-0.15, -0.1) is 0 Å². The SMILES string of the molecule is C[C@@H]1CNCCN1c1nccnc1OCCOc1nccnc1OCCC1CCCN1C. The molecule has 0 saturated carbocycles. The normalized spacial score (nSPS) is 21.5. The van der Waals surface area contributed by atoms with Crippen molar-refractivity contribution >= 4 is 5.82 Å². The topological polar surface area (TPSA) is 97.8 Å². The maximum Gasteiger partial charge on any atom is 0.278 e. The molecule has 2 fully saturated rings. The molecule has 4 heterocycles. The number of hydrogen-bond donors (Lipinski definition) is 1. The van der Waals surface area contributed by atoms with Crippen LogP contribution in [0.3, 0.4) is 0 Å². The first kappa shape index (κ1) is 22.5. The second-order valence-corrected chi connectivity index (χ2v) is 8.21. The lowest BCUT2D eigenvalue weighted by Crippen LogP contribution is -2.50. The van der Waals surface area contributed by atoms with E-state index in [0.29, 0.717) is 49.5 Å². The molecule has 2 aromatic rings. The van der Waals surface area contributed by atoms with Crippen LogP contribution in [-0.2, 0) is 0 Å². The van der Waals surface area contributed by atoms with E-state index in [-0.39, 0.29) is 0 Å². The number of nitrogens with one attached hydrogen (secondary N) is 1. The highest BCUT2D eigenvalue weighted by atomic mass is 16.6. The predicted molar refractivity (Wildman–Crippen MR) is 120 cm³/mol. The minimum atomic E-state index is 0.299. The third-order valence-corrected chi connectivity index (χ3v) is 5.98. The van der Waals surface area contributed by atoms with Crippen molar-refractivity contribution in [3.8, 4) is 17.6 Å². The molecule has 2 atom stereocenters. The van der Waals surface area contributed by atoms with Crippen LogP contribution < -0.4 is 24.4 Å². The number of piperazine rings is 1. The molecule has 174 valence electrons. The summed E-state index contributed by atoms with van der Waals surface area (Å²) in [7, 11) is 2.17. The zero-order chi connectivity index (χ0) is 22.2.